The molecule has 0 spiro atoms. The van der Waals surface area contributed by atoms with Gasteiger partial charge in [-0.1, -0.05) is 42.5 Å². The van der Waals surface area contributed by atoms with Gasteiger partial charge in [0.15, 0.2) is 5.65 Å². The van der Waals surface area contributed by atoms with Crippen LogP contribution in [-0.4, -0.2) is 39.7 Å². The topological polar surface area (TPSA) is 98.1 Å². The van der Waals surface area contributed by atoms with Gasteiger partial charge in [-0.05, 0) is 36.8 Å². The molecule has 4 aromatic rings. The van der Waals surface area contributed by atoms with E-state index in [1.807, 2.05) is 30.3 Å². The molecule has 0 saturated heterocycles. The van der Waals surface area contributed by atoms with Gasteiger partial charge in [0.2, 0.25) is 0 Å². The number of benzene rings is 2. The summed E-state index contributed by atoms with van der Waals surface area (Å²) in [5.74, 6) is 0.357. The van der Waals surface area contributed by atoms with Crippen molar-refractivity contribution >= 4 is 28.9 Å². The second kappa shape index (κ2) is 10.4. The van der Waals surface area contributed by atoms with Crippen LogP contribution in [0.5, 0.6) is 0 Å². The number of fused-ring (bicyclic) bond motifs is 1. The molecular formula is C25H25N5O3. The van der Waals surface area contributed by atoms with E-state index in [4.69, 9.17) is 9.72 Å². The van der Waals surface area contributed by atoms with Gasteiger partial charge in [-0.25, -0.2) is 19.6 Å². The number of anilines is 1. The highest BCUT2D eigenvalue weighted by Crippen LogP contribution is 2.17. The van der Waals surface area contributed by atoms with Crippen LogP contribution in [0.15, 0.2) is 72.9 Å². The number of hydrogen-bond donors (Lipinski definition) is 2. The molecule has 2 aromatic heterocycles. The van der Waals surface area contributed by atoms with Crippen LogP contribution in [0.4, 0.5) is 10.5 Å². The molecular weight excluding hydrogens is 418 g/mol. The number of ether oxygens (including phenoxy) is 1. The Balaban J connectivity index is 1.43. The van der Waals surface area contributed by atoms with Crippen molar-refractivity contribution in [3.8, 4) is 0 Å². The average molecular weight is 444 g/mol. The maximum Gasteiger partial charge on any atom is 0.340 e. The zero-order valence-electron chi connectivity index (χ0n) is 18.3. The predicted molar refractivity (Wildman–Crippen MR) is 126 cm³/mol. The predicted octanol–water partition coefficient (Wildman–Crippen LogP) is 4.02. The Bertz CT molecular complexity index is 1250. The standard InChI is InChI=1S/C25H25N5O3/c1-2-33-24(31)19-11-6-7-12-20(19)29-25(32)27-16-14-22-28-21-13-8-15-26-23(21)30(22)17-18-9-4-3-5-10-18/h3-13,15H,2,14,16-17H2,1H3,(H2,27,29,32). The molecule has 0 aliphatic rings. The van der Waals surface area contributed by atoms with Crippen LogP contribution in [0.3, 0.4) is 0 Å². The quantitative estimate of drug-likeness (QED) is 0.401. The molecule has 0 bridgehead atoms. The maximum absolute atomic E-state index is 12.5. The first kappa shape index (κ1) is 22.0. The third-order valence-corrected chi connectivity index (χ3v) is 5.07. The Morgan fingerprint density at radius 2 is 1.79 bits per heavy atom. The number of carbonyl (C=O) groups is 2. The summed E-state index contributed by atoms with van der Waals surface area (Å²) < 4.78 is 7.12. The summed E-state index contributed by atoms with van der Waals surface area (Å²) in [6.07, 6.45) is 2.28. The Kier molecular flexibility index (Phi) is 6.94. The Labute approximate surface area is 191 Å². The zero-order valence-corrected chi connectivity index (χ0v) is 18.3. The number of pyridine rings is 1. The van der Waals surface area contributed by atoms with Gasteiger partial charge in [0, 0.05) is 19.2 Å². The lowest BCUT2D eigenvalue weighted by Crippen LogP contribution is -2.31. The van der Waals surface area contributed by atoms with Gasteiger partial charge in [-0.2, -0.15) is 0 Å². The number of aromatic nitrogens is 3. The molecule has 8 nitrogen and oxygen atoms in total. The fourth-order valence-electron chi connectivity index (χ4n) is 3.56. The van der Waals surface area contributed by atoms with Crippen molar-refractivity contribution < 1.29 is 14.3 Å². The van der Waals surface area contributed by atoms with Crippen LogP contribution >= 0.6 is 0 Å². The SMILES string of the molecule is CCOC(=O)c1ccccc1NC(=O)NCCc1nc2cccnc2n1Cc1ccccc1. The monoisotopic (exact) mass is 443 g/mol. The first-order valence-electron chi connectivity index (χ1n) is 10.8. The minimum atomic E-state index is -0.476. The van der Waals surface area contributed by atoms with E-state index in [9.17, 15) is 9.59 Å². The van der Waals surface area contributed by atoms with Crippen molar-refractivity contribution in [3.63, 3.8) is 0 Å². The number of esters is 1. The molecule has 2 heterocycles. The third-order valence-electron chi connectivity index (χ3n) is 5.07. The van der Waals surface area contributed by atoms with Crippen molar-refractivity contribution in [1.29, 1.82) is 0 Å². The largest absolute Gasteiger partial charge is 0.462 e. The third kappa shape index (κ3) is 5.35. The molecule has 2 aromatic carbocycles. The van der Waals surface area contributed by atoms with Gasteiger partial charge in [0.25, 0.3) is 0 Å². The molecule has 0 fully saturated rings. The van der Waals surface area contributed by atoms with E-state index < -0.39 is 12.0 Å². The number of nitrogens with zero attached hydrogens (tertiary/aromatic N) is 3. The molecule has 4 rings (SSSR count). The number of urea groups is 1. The lowest BCUT2D eigenvalue weighted by Gasteiger charge is -2.12. The summed E-state index contributed by atoms with van der Waals surface area (Å²) in [4.78, 5) is 33.8. The number of imidazole rings is 1. The maximum atomic E-state index is 12.5. The molecule has 0 radical (unpaired) electrons. The second-order valence-electron chi connectivity index (χ2n) is 7.34. The highest BCUT2D eigenvalue weighted by atomic mass is 16.5. The highest BCUT2D eigenvalue weighted by molar-refractivity contribution is 6.00. The van der Waals surface area contributed by atoms with Crippen LogP contribution < -0.4 is 10.6 Å². The summed E-state index contributed by atoms with van der Waals surface area (Å²) >= 11 is 0. The van der Waals surface area contributed by atoms with E-state index in [1.165, 1.54) is 0 Å². The Morgan fingerprint density at radius 3 is 2.61 bits per heavy atom. The van der Waals surface area contributed by atoms with Crippen molar-refractivity contribution in [2.45, 2.75) is 19.9 Å². The lowest BCUT2D eigenvalue weighted by atomic mass is 10.2. The summed E-state index contributed by atoms with van der Waals surface area (Å²) in [5, 5.41) is 5.56. The molecule has 33 heavy (non-hydrogen) atoms. The first-order chi connectivity index (χ1) is 16.2. The number of carbonyl (C=O) groups excluding carboxylic acids is 2. The van der Waals surface area contributed by atoms with Crippen molar-refractivity contribution in [1.82, 2.24) is 19.9 Å². The number of amides is 2. The molecule has 0 saturated carbocycles. The van der Waals surface area contributed by atoms with Crippen LogP contribution in [0.1, 0.15) is 28.7 Å². The van der Waals surface area contributed by atoms with Crippen LogP contribution in [0.2, 0.25) is 0 Å². The summed E-state index contributed by atoms with van der Waals surface area (Å²) in [6.45, 7) is 3.01. The molecule has 2 N–H and O–H groups in total. The van der Waals surface area contributed by atoms with Gasteiger partial charge < -0.3 is 19.9 Å². The van der Waals surface area contributed by atoms with E-state index in [-0.39, 0.29) is 6.61 Å². The summed E-state index contributed by atoms with van der Waals surface area (Å²) in [6, 6.07) is 20.2. The molecule has 0 atom stereocenters. The van der Waals surface area contributed by atoms with Crippen molar-refractivity contribution in [3.05, 3.63) is 89.9 Å². The van der Waals surface area contributed by atoms with Crippen LogP contribution in [-0.2, 0) is 17.7 Å². The number of hydrogen-bond acceptors (Lipinski definition) is 5. The molecule has 2 amide bonds. The van der Waals surface area contributed by atoms with E-state index in [0.717, 1.165) is 22.6 Å². The van der Waals surface area contributed by atoms with Crippen LogP contribution in [0, 0.1) is 0 Å². The summed E-state index contributed by atoms with van der Waals surface area (Å²) in [7, 11) is 0. The molecule has 8 heteroatoms. The van der Waals surface area contributed by atoms with Crippen molar-refractivity contribution in [2.75, 3.05) is 18.5 Å². The van der Waals surface area contributed by atoms with E-state index >= 15 is 0 Å². The molecule has 0 unspecified atom stereocenters. The van der Waals surface area contributed by atoms with Gasteiger partial charge in [0.1, 0.15) is 11.3 Å². The fourth-order valence-corrected chi connectivity index (χ4v) is 3.56. The fraction of sp³-hybridized carbons (Fsp3) is 0.200. The van der Waals surface area contributed by atoms with Crippen LogP contribution in [0.25, 0.3) is 11.2 Å². The number of rotatable bonds is 8. The van der Waals surface area contributed by atoms with Gasteiger partial charge in [-0.15, -0.1) is 0 Å². The minimum Gasteiger partial charge on any atom is -0.462 e. The van der Waals surface area contributed by atoms with Gasteiger partial charge in [0.05, 0.1) is 24.4 Å². The molecule has 168 valence electrons. The highest BCUT2D eigenvalue weighted by Gasteiger charge is 2.15. The molecule has 0 aliphatic carbocycles. The summed E-state index contributed by atoms with van der Waals surface area (Å²) in [5.41, 5.74) is 3.48. The van der Waals surface area contributed by atoms with E-state index in [1.54, 1.807) is 37.4 Å². The average Bonchev–Trinajstić information content (AvgIpc) is 3.17. The second-order valence-corrected chi connectivity index (χ2v) is 7.34. The molecule has 0 aliphatic heterocycles. The van der Waals surface area contributed by atoms with Gasteiger partial charge >= 0.3 is 12.0 Å². The number of nitrogens with one attached hydrogen (secondary N) is 2. The van der Waals surface area contributed by atoms with E-state index in [2.05, 4.69) is 32.3 Å². The van der Waals surface area contributed by atoms with E-state index in [0.29, 0.717) is 30.8 Å². The lowest BCUT2D eigenvalue weighted by molar-refractivity contribution is 0.0527. The number of para-hydroxylation sites is 1. The Hall–Kier alpha value is -4.20. The smallest absolute Gasteiger partial charge is 0.340 e. The minimum absolute atomic E-state index is 0.262. The first-order valence-corrected chi connectivity index (χ1v) is 10.8. The van der Waals surface area contributed by atoms with Gasteiger partial charge in [-0.3, -0.25) is 0 Å². The Morgan fingerprint density at radius 1 is 1.00 bits per heavy atom. The van der Waals surface area contributed by atoms with Crippen molar-refractivity contribution in [2.24, 2.45) is 0 Å². The normalized spacial score (nSPS) is 10.7. The zero-order chi connectivity index (χ0) is 23.0.